The molecule has 2 N–H and O–H groups in total. The molecule has 0 spiro atoms. The van der Waals surface area contributed by atoms with Crippen molar-refractivity contribution in [2.24, 2.45) is 0 Å². The Balaban J connectivity index is 0.000000112. The van der Waals surface area contributed by atoms with E-state index in [1.54, 1.807) is 31.0 Å². The highest BCUT2D eigenvalue weighted by molar-refractivity contribution is 7.93. The first-order valence-corrected chi connectivity index (χ1v) is 3.70. The predicted molar refractivity (Wildman–Crippen MR) is 43.5 cm³/mol. The smallest absolute Gasteiger partial charge is 0.175 e. The monoisotopic (exact) mass is 172 g/mol. The fourth-order valence-corrected chi connectivity index (χ4v) is 0.675. The number of hydrogen-bond acceptors (Lipinski definition) is 5. The molecule has 11 heavy (non-hydrogen) atoms. The molecular weight excluding hydrogens is 164 g/mol. The molecule has 4 nitrogen and oxygen atoms in total. The van der Waals surface area contributed by atoms with Gasteiger partial charge in [-0.05, 0) is 12.2 Å². The van der Waals surface area contributed by atoms with E-state index in [2.05, 4.69) is 19.2 Å². The molecule has 0 amide bonds. The molecule has 0 saturated heterocycles. The van der Waals surface area contributed by atoms with Crippen LogP contribution in [0.25, 0.3) is 0 Å². The Morgan fingerprint density at radius 1 is 1.09 bits per heavy atom. The molecule has 2 aliphatic heterocycles. The van der Waals surface area contributed by atoms with Crippen LogP contribution in [0.4, 0.5) is 0 Å². The number of hydrogen-bond donors (Lipinski definition) is 2. The van der Waals surface area contributed by atoms with Gasteiger partial charge in [0.15, 0.2) is 12.2 Å². The van der Waals surface area contributed by atoms with Crippen LogP contribution >= 0.6 is 12.2 Å². The predicted octanol–water partition coefficient (Wildman–Crippen LogP) is 1.19. The Bertz CT molecular complexity index is 161. The van der Waals surface area contributed by atoms with E-state index < -0.39 is 0 Å². The zero-order valence-electron chi connectivity index (χ0n) is 5.69. The maximum atomic E-state index is 4.57. The summed E-state index contributed by atoms with van der Waals surface area (Å²) >= 11 is 1.21. The van der Waals surface area contributed by atoms with Crippen LogP contribution in [0, 0.1) is 0 Å². The molecule has 0 fully saturated rings. The first-order valence-electron chi connectivity index (χ1n) is 2.96. The van der Waals surface area contributed by atoms with Crippen molar-refractivity contribution >= 4 is 12.2 Å². The molecule has 0 unspecified atom stereocenters. The van der Waals surface area contributed by atoms with E-state index in [1.807, 2.05) is 6.08 Å². The Morgan fingerprint density at radius 3 is 2.27 bits per heavy atom. The third-order valence-corrected chi connectivity index (χ3v) is 1.22. The third kappa shape index (κ3) is 4.21. The lowest BCUT2D eigenvalue weighted by atomic mass is 10.6. The standard InChI is InChI=1S/C4H5NO.C2H3NOS/c1-2-4-6-5-3-1;1-2-4-5-3-1/h1-5H;1-3H. The summed E-state index contributed by atoms with van der Waals surface area (Å²) in [5, 5.41) is 0. The molecule has 2 aliphatic rings. The zero-order chi connectivity index (χ0) is 7.78. The van der Waals surface area contributed by atoms with Crippen molar-refractivity contribution in [2.45, 2.75) is 0 Å². The van der Waals surface area contributed by atoms with Crippen molar-refractivity contribution in [3.05, 3.63) is 37.1 Å². The second kappa shape index (κ2) is 5.55. The van der Waals surface area contributed by atoms with Gasteiger partial charge in [0.05, 0.1) is 0 Å². The largest absolute Gasteiger partial charge is 0.412 e. The van der Waals surface area contributed by atoms with E-state index in [4.69, 9.17) is 0 Å². The van der Waals surface area contributed by atoms with E-state index in [1.165, 1.54) is 12.2 Å². The van der Waals surface area contributed by atoms with Crippen LogP contribution < -0.4 is 10.2 Å². The van der Waals surface area contributed by atoms with Crippen molar-refractivity contribution in [2.75, 3.05) is 0 Å². The highest BCUT2D eigenvalue weighted by Crippen LogP contribution is 2.01. The maximum absolute atomic E-state index is 4.57. The minimum absolute atomic E-state index is 1.21. The van der Waals surface area contributed by atoms with Gasteiger partial charge in [-0.3, -0.25) is 0 Å². The summed E-state index contributed by atoms with van der Waals surface area (Å²) in [7, 11) is 0. The van der Waals surface area contributed by atoms with Crippen LogP contribution in [0.3, 0.4) is 0 Å². The summed E-state index contributed by atoms with van der Waals surface area (Å²) in [5.74, 6) is 0. The third-order valence-electron chi connectivity index (χ3n) is 0.778. The lowest BCUT2D eigenvalue weighted by molar-refractivity contribution is 0.172. The van der Waals surface area contributed by atoms with Crippen LogP contribution in [-0.2, 0) is 9.02 Å². The molecule has 2 rings (SSSR count). The van der Waals surface area contributed by atoms with Crippen molar-refractivity contribution < 1.29 is 9.02 Å². The zero-order valence-corrected chi connectivity index (χ0v) is 6.51. The van der Waals surface area contributed by atoms with Gasteiger partial charge in [-0.1, -0.05) is 0 Å². The average Bonchev–Trinajstić information content (AvgIpc) is 2.64. The normalized spacial score (nSPS) is 16.7. The summed E-state index contributed by atoms with van der Waals surface area (Å²) in [6.45, 7) is 0. The van der Waals surface area contributed by atoms with E-state index >= 15 is 0 Å². The van der Waals surface area contributed by atoms with Gasteiger partial charge in [-0.25, -0.2) is 5.48 Å². The highest BCUT2D eigenvalue weighted by atomic mass is 32.2. The topological polar surface area (TPSA) is 42.5 Å². The maximum Gasteiger partial charge on any atom is 0.175 e. The number of nitrogens with one attached hydrogen (secondary N) is 2. The van der Waals surface area contributed by atoms with E-state index in [0.717, 1.165) is 0 Å². The molecule has 60 valence electrons. The average molecular weight is 172 g/mol. The molecule has 0 aromatic rings. The minimum atomic E-state index is 1.21. The number of allylic oxidation sites excluding steroid dienone is 2. The second-order valence-corrected chi connectivity index (χ2v) is 2.12. The van der Waals surface area contributed by atoms with Gasteiger partial charge in [0.1, 0.15) is 12.5 Å². The van der Waals surface area contributed by atoms with Crippen molar-refractivity contribution in [3.63, 3.8) is 0 Å². The van der Waals surface area contributed by atoms with Crippen molar-refractivity contribution in [3.8, 4) is 0 Å². The van der Waals surface area contributed by atoms with Crippen LogP contribution in [0.15, 0.2) is 37.1 Å². The van der Waals surface area contributed by atoms with E-state index in [-0.39, 0.29) is 0 Å². The van der Waals surface area contributed by atoms with Gasteiger partial charge in [0.2, 0.25) is 0 Å². The summed E-state index contributed by atoms with van der Waals surface area (Å²) in [6.07, 6.45) is 10.2. The molecule has 0 saturated carbocycles. The van der Waals surface area contributed by atoms with E-state index in [0.29, 0.717) is 0 Å². The van der Waals surface area contributed by atoms with Crippen LogP contribution in [0.2, 0.25) is 0 Å². The molecule has 0 radical (unpaired) electrons. The van der Waals surface area contributed by atoms with Crippen LogP contribution in [0.5, 0.6) is 0 Å². The SMILES string of the molecule is C1=CNOC=C1.C1=COSN1. The fourth-order valence-electron chi connectivity index (χ4n) is 0.397. The lowest BCUT2D eigenvalue weighted by Crippen LogP contribution is -2.01. The van der Waals surface area contributed by atoms with Gasteiger partial charge in [-0.2, -0.15) is 0 Å². The lowest BCUT2D eigenvalue weighted by Gasteiger charge is -1.97. The van der Waals surface area contributed by atoms with Gasteiger partial charge in [-0.15, -0.1) is 0 Å². The summed E-state index contributed by atoms with van der Waals surface area (Å²) in [4.78, 5) is 4.55. The minimum Gasteiger partial charge on any atom is -0.412 e. The highest BCUT2D eigenvalue weighted by Gasteiger charge is 1.83. The summed E-state index contributed by atoms with van der Waals surface area (Å²) in [5.41, 5.74) is 2.52. The van der Waals surface area contributed by atoms with E-state index in [9.17, 15) is 0 Å². The van der Waals surface area contributed by atoms with Gasteiger partial charge in [0, 0.05) is 12.4 Å². The summed E-state index contributed by atoms with van der Waals surface area (Å²) < 4.78 is 7.31. The second-order valence-electron chi connectivity index (χ2n) is 1.52. The van der Waals surface area contributed by atoms with Crippen molar-refractivity contribution in [1.82, 2.24) is 10.2 Å². The molecule has 2 heterocycles. The Morgan fingerprint density at radius 2 is 2.09 bits per heavy atom. The molecule has 0 aromatic carbocycles. The number of rotatable bonds is 0. The summed E-state index contributed by atoms with van der Waals surface area (Å²) in [6, 6.07) is 0. The van der Waals surface area contributed by atoms with Gasteiger partial charge < -0.3 is 13.7 Å². The van der Waals surface area contributed by atoms with Gasteiger partial charge >= 0.3 is 0 Å². The quantitative estimate of drug-likeness (QED) is 0.424. The Kier molecular flexibility index (Phi) is 3.97. The van der Waals surface area contributed by atoms with Crippen LogP contribution in [-0.4, -0.2) is 0 Å². The number of hydroxylamine groups is 1. The van der Waals surface area contributed by atoms with Gasteiger partial charge in [0.25, 0.3) is 0 Å². The van der Waals surface area contributed by atoms with Crippen LogP contribution in [0.1, 0.15) is 0 Å². The molecule has 5 heteroatoms. The molecule has 0 bridgehead atoms. The molecule has 0 atom stereocenters. The molecule has 0 aromatic heterocycles. The fraction of sp³-hybridized carbons (Fsp3) is 0. The molecular formula is C6H8N2O2S. The Hall–Kier alpha value is -1.23. The molecule has 0 aliphatic carbocycles. The van der Waals surface area contributed by atoms with Crippen molar-refractivity contribution in [1.29, 1.82) is 0 Å². The Labute approximate surface area is 69.2 Å². The first-order chi connectivity index (χ1) is 5.50. The first kappa shape index (κ1) is 7.87.